The lowest BCUT2D eigenvalue weighted by Gasteiger charge is -2.15. The summed E-state index contributed by atoms with van der Waals surface area (Å²) in [6, 6.07) is 7.91. The molecule has 1 unspecified atom stereocenters. The molecule has 26 heavy (non-hydrogen) atoms. The molecule has 3 aliphatic heterocycles. The number of nitrogens with one attached hydrogen (secondary N) is 1. The summed E-state index contributed by atoms with van der Waals surface area (Å²) in [6.07, 6.45) is 1.40. The van der Waals surface area contributed by atoms with E-state index in [0.717, 1.165) is 22.6 Å². The first-order valence-corrected chi connectivity index (χ1v) is 9.47. The van der Waals surface area contributed by atoms with Crippen molar-refractivity contribution in [2.75, 3.05) is 30.3 Å². The SMILES string of the molecule is CC(=O)NC[C@H]1CN(c2ccc(C3=CC4CSC(=O)N4C3)cc2)C(=O)O1. The van der Waals surface area contributed by atoms with Crippen LogP contribution in [0.15, 0.2) is 30.3 Å². The Hall–Kier alpha value is -2.48. The minimum Gasteiger partial charge on any atom is -0.442 e. The predicted molar refractivity (Wildman–Crippen MR) is 99.1 cm³/mol. The van der Waals surface area contributed by atoms with Gasteiger partial charge in [0.1, 0.15) is 6.10 Å². The highest BCUT2D eigenvalue weighted by Crippen LogP contribution is 2.35. The molecule has 0 saturated carbocycles. The van der Waals surface area contributed by atoms with Gasteiger partial charge in [0.2, 0.25) is 5.91 Å². The summed E-state index contributed by atoms with van der Waals surface area (Å²) in [5, 5.41) is 2.81. The van der Waals surface area contributed by atoms with Crippen molar-refractivity contribution in [2.45, 2.75) is 19.1 Å². The lowest BCUT2D eigenvalue weighted by atomic mass is 10.1. The van der Waals surface area contributed by atoms with Gasteiger partial charge in [-0.2, -0.15) is 0 Å². The number of anilines is 1. The number of fused-ring (bicyclic) bond motifs is 1. The van der Waals surface area contributed by atoms with Crippen molar-refractivity contribution in [3.8, 4) is 0 Å². The van der Waals surface area contributed by atoms with Gasteiger partial charge < -0.3 is 15.0 Å². The van der Waals surface area contributed by atoms with Crippen molar-refractivity contribution in [3.05, 3.63) is 35.9 Å². The van der Waals surface area contributed by atoms with Crippen molar-refractivity contribution in [1.82, 2.24) is 10.2 Å². The third-order valence-electron chi connectivity index (χ3n) is 4.75. The van der Waals surface area contributed by atoms with Crippen LogP contribution in [0.1, 0.15) is 12.5 Å². The summed E-state index contributed by atoms with van der Waals surface area (Å²) >= 11 is 1.37. The van der Waals surface area contributed by atoms with Crippen LogP contribution in [-0.4, -0.2) is 59.7 Å². The number of ether oxygens (including phenoxy) is 1. The number of cyclic esters (lactones) is 1. The first-order valence-electron chi connectivity index (χ1n) is 8.48. The zero-order chi connectivity index (χ0) is 18.3. The second kappa shape index (κ2) is 6.68. The van der Waals surface area contributed by atoms with E-state index >= 15 is 0 Å². The molecule has 3 heterocycles. The minimum atomic E-state index is -0.406. The maximum Gasteiger partial charge on any atom is 0.414 e. The van der Waals surface area contributed by atoms with Gasteiger partial charge >= 0.3 is 6.09 Å². The van der Waals surface area contributed by atoms with Crippen LogP contribution in [0.5, 0.6) is 0 Å². The number of carbonyl (C=O) groups is 3. The highest BCUT2D eigenvalue weighted by molar-refractivity contribution is 8.13. The Kier molecular flexibility index (Phi) is 4.36. The Balaban J connectivity index is 1.43. The van der Waals surface area contributed by atoms with Gasteiger partial charge in [0, 0.05) is 24.9 Å². The predicted octanol–water partition coefficient (Wildman–Crippen LogP) is 2.08. The van der Waals surface area contributed by atoms with Gasteiger partial charge in [-0.05, 0) is 23.3 Å². The minimum absolute atomic E-state index is 0.142. The summed E-state index contributed by atoms with van der Waals surface area (Å²) in [7, 11) is 0. The Morgan fingerprint density at radius 3 is 2.77 bits per heavy atom. The van der Waals surface area contributed by atoms with Crippen LogP contribution in [0.3, 0.4) is 0 Å². The number of thioether (sulfide) groups is 1. The second-order valence-corrected chi connectivity index (χ2v) is 7.54. The van der Waals surface area contributed by atoms with E-state index in [2.05, 4.69) is 11.4 Å². The average molecular weight is 373 g/mol. The van der Waals surface area contributed by atoms with Crippen LogP contribution in [0.4, 0.5) is 15.3 Å². The molecule has 0 aromatic heterocycles. The number of carbonyl (C=O) groups excluding carboxylic acids is 3. The topological polar surface area (TPSA) is 79.0 Å². The van der Waals surface area contributed by atoms with E-state index in [1.807, 2.05) is 29.2 Å². The number of benzene rings is 1. The van der Waals surface area contributed by atoms with Crippen LogP contribution in [0, 0.1) is 0 Å². The lowest BCUT2D eigenvalue weighted by molar-refractivity contribution is -0.119. The molecule has 2 atom stereocenters. The number of amides is 3. The summed E-state index contributed by atoms with van der Waals surface area (Å²) in [5.41, 5.74) is 2.96. The van der Waals surface area contributed by atoms with E-state index in [1.165, 1.54) is 18.7 Å². The first kappa shape index (κ1) is 17.0. The van der Waals surface area contributed by atoms with Gasteiger partial charge in [0.15, 0.2) is 0 Å². The zero-order valence-electron chi connectivity index (χ0n) is 14.3. The van der Waals surface area contributed by atoms with Crippen molar-refractivity contribution >= 4 is 40.3 Å². The quantitative estimate of drug-likeness (QED) is 0.874. The molecule has 1 aromatic carbocycles. The molecular formula is C18H19N3O4S. The van der Waals surface area contributed by atoms with E-state index in [4.69, 9.17) is 4.74 Å². The highest BCUT2D eigenvalue weighted by Gasteiger charge is 2.36. The number of hydrogen-bond donors (Lipinski definition) is 1. The molecule has 136 valence electrons. The van der Waals surface area contributed by atoms with Crippen LogP contribution in [0.2, 0.25) is 0 Å². The van der Waals surface area contributed by atoms with E-state index in [-0.39, 0.29) is 23.3 Å². The fraction of sp³-hybridized carbons (Fsp3) is 0.389. The van der Waals surface area contributed by atoms with Gasteiger partial charge in [0.25, 0.3) is 5.24 Å². The molecule has 2 saturated heterocycles. The summed E-state index contributed by atoms with van der Waals surface area (Å²) < 4.78 is 5.29. The zero-order valence-corrected chi connectivity index (χ0v) is 15.1. The maximum absolute atomic E-state index is 12.1. The number of nitrogens with zero attached hydrogens (tertiary/aromatic N) is 2. The first-order chi connectivity index (χ1) is 12.5. The van der Waals surface area contributed by atoms with Crippen molar-refractivity contribution in [1.29, 1.82) is 0 Å². The van der Waals surface area contributed by atoms with Crippen LogP contribution < -0.4 is 10.2 Å². The third-order valence-corrected chi connectivity index (χ3v) is 5.74. The summed E-state index contributed by atoms with van der Waals surface area (Å²) in [5.74, 6) is 0.668. The fourth-order valence-corrected chi connectivity index (χ4v) is 4.35. The molecule has 0 aliphatic carbocycles. The van der Waals surface area contributed by atoms with Crippen LogP contribution >= 0.6 is 11.8 Å². The van der Waals surface area contributed by atoms with Crippen LogP contribution in [-0.2, 0) is 9.53 Å². The number of hydrogen-bond acceptors (Lipinski definition) is 5. The van der Waals surface area contributed by atoms with Crippen molar-refractivity contribution in [2.24, 2.45) is 0 Å². The van der Waals surface area contributed by atoms with Gasteiger partial charge in [-0.15, -0.1) is 0 Å². The highest BCUT2D eigenvalue weighted by atomic mass is 32.2. The normalized spacial score (nSPS) is 24.6. The lowest BCUT2D eigenvalue weighted by Crippen LogP contribution is -2.33. The molecule has 0 spiro atoms. The summed E-state index contributed by atoms with van der Waals surface area (Å²) in [6.45, 7) is 2.79. The molecule has 3 aliphatic rings. The molecule has 0 bridgehead atoms. The second-order valence-electron chi connectivity index (χ2n) is 6.56. The monoisotopic (exact) mass is 373 g/mol. The molecule has 3 amide bonds. The Morgan fingerprint density at radius 1 is 1.31 bits per heavy atom. The molecular weight excluding hydrogens is 354 g/mol. The molecule has 0 radical (unpaired) electrons. The Morgan fingerprint density at radius 2 is 2.08 bits per heavy atom. The molecule has 8 heteroatoms. The van der Waals surface area contributed by atoms with Crippen molar-refractivity contribution < 1.29 is 19.1 Å². The van der Waals surface area contributed by atoms with Crippen LogP contribution in [0.25, 0.3) is 5.57 Å². The largest absolute Gasteiger partial charge is 0.442 e. The Labute approximate surface area is 155 Å². The van der Waals surface area contributed by atoms with E-state index in [1.54, 1.807) is 4.90 Å². The van der Waals surface area contributed by atoms with E-state index < -0.39 is 6.09 Å². The molecule has 7 nitrogen and oxygen atoms in total. The standard InChI is InChI=1S/C18H19N3O4S/c1-11(22)19-7-16-9-20(17(23)25-16)14-4-2-12(3-5-14)13-6-15-10-26-18(24)21(15)8-13/h2-6,15-16H,7-10H2,1H3,(H,19,22)/t15?,16-/m0/s1. The van der Waals surface area contributed by atoms with Gasteiger partial charge in [-0.25, -0.2) is 4.79 Å². The van der Waals surface area contributed by atoms with E-state index in [9.17, 15) is 14.4 Å². The molecule has 1 N–H and O–H groups in total. The Bertz CT molecular complexity index is 792. The smallest absolute Gasteiger partial charge is 0.414 e. The van der Waals surface area contributed by atoms with E-state index in [0.29, 0.717) is 19.6 Å². The third kappa shape index (κ3) is 3.16. The molecule has 4 rings (SSSR count). The van der Waals surface area contributed by atoms with Crippen molar-refractivity contribution in [3.63, 3.8) is 0 Å². The fourth-order valence-electron chi connectivity index (χ4n) is 3.39. The average Bonchev–Trinajstić information content (AvgIpc) is 3.29. The molecule has 1 aromatic rings. The van der Waals surface area contributed by atoms with Gasteiger partial charge in [-0.3, -0.25) is 14.5 Å². The molecule has 2 fully saturated rings. The van der Waals surface area contributed by atoms with Gasteiger partial charge in [0.05, 0.1) is 19.1 Å². The number of rotatable bonds is 4. The summed E-state index contributed by atoms with van der Waals surface area (Å²) in [4.78, 5) is 38.3. The maximum atomic E-state index is 12.1. The van der Waals surface area contributed by atoms with Gasteiger partial charge in [-0.1, -0.05) is 30.0 Å².